The summed E-state index contributed by atoms with van der Waals surface area (Å²) in [6.45, 7) is 1.46. The van der Waals surface area contributed by atoms with Crippen LogP contribution in [-0.2, 0) is 28.1 Å². The Morgan fingerprint density at radius 3 is 2.49 bits per heavy atom. The number of pyridine rings is 1. The van der Waals surface area contributed by atoms with E-state index >= 15 is 0 Å². The first-order valence-corrected chi connectivity index (χ1v) is 13.0. The average Bonchev–Trinajstić information content (AvgIpc) is 3.70. The van der Waals surface area contributed by atoms with Gasteiger partial charge in [-0.3, -0.25) is 9.13 Å². The number of hydrogen-bond donors (Lipinski definition) is 0. The third kappa shape index (κ3) is 7.44. The van der Waals surface area contributed by atoms with Crippen LogP contribution >= 0.6 is 15.9 Å². The number of aryl methyl sites for hydroxylation is 1. The van der Waals surface area contributed by atoms with E-state index < -0.39 is 11.2 Å². The normalized spacial score (nSPS) is 12.6. The molecule has 2 aromatic carbocycles. The molecule has 0 radical (unpaired) electrons. The zero-order valence-electron chi connectivity index (χ0n) is 21.8. The first-order chi connectivity index (χ1) is 18.2. The van der Waals surface area contributed by atoms with Gasteiger partial charge >= 0.3 is 26.8 Å². The average molecular weight is 767 g/mol. The van der Waals surface area contributed by atoms with Gasteiger partial charge in [0.25, 0.3) is 0 Å². The minimum atomic E-state index is -0.450. The first kappa shape index (κ1) is 30.7. The number of ether oxygens (including phenoxy) is 1. The Bertz CT molecular complexity index is 1610. The number of fused-ring (bicyclic) bond motifs is 1. The van der Waals surface area contributed by atoms with Gasteiger partial charge in [-0.1, -0.05) is 32.5 Å². The molecule has 11 heteroatoms. The molecule has 0 saturated heterocycles. The van der Waals surface area contributed by atoms with E-state index in [0.29, 0.717) is 18.0 Å². The summed E-state index contributed by atoms with van der Waals surface area (Å²) in [4.78, 5) is 40.6. The summed E-state index contributed by atoms with van der Waals surface area (Å²) in [5.41, 5.74) is -0.414. The van der Waals surface area contributed by atoms with Crippen LogP contribution in [-0.4, -0.2) is 45.8 Å². The van der Waals surface area contributed by atoms with E-state index in [4.69, 9.17) is 4.74 Å². The number of hydrogen-bond acceptors (Lipinski definition) is 5. The molecule has 0 unspecified atom stereocenters. The molecule has 0 spiro atoms. The number of rotatable bonds is 7. The summed E-state index contributed by atoms with van der Waals surface area (Å²) in [6, 6.07) is 18.1. The van der Waals surface area contributed by atoms with Crippen LogP contribution < -0.4 is 21.5 Å². The number of halogens is 2. The van der Waals surface area contributed by atoms with Gasteiger partial charge in [-0.15, -0.1) is 18.2 Å². The third-order valence-corrected chi connectivity index (χ3v) is 6.48. The predicted octanol–water partition coefficient (Wildman–Crippen LogP) is 3.70. The van der Waals surface area contributed by atoms with Crippen LogP contribution in [0.3, 0.4) is 0 Å². The minimum absolute atomic E-state index is 0. The second kappa shape index (κ2) is 13.5. The molecule has 1 aliphatic rings. The van der Waals surface area contributed by atoms with Gasteiger partial charge in [-0.25, -0.2) is 9.18 Å². The van der Waals surface area contributed by atoms with E-state index in [9.17, 15) is 18.8 Å². The Balaban J connectivity index is 0.000000402. The fourth-order valence-corrected chi connectivity index (χ4v) is 4.31. The summed E-state index contributed by atoms with van der Waals surface area (Å²) in [7, 11) is 5.57. The Hall–Kier alpha value is -2.81. The van der Waals surface area contributed by atoms with Crippen molar-refractivity contribution < 1.29 is 30.2 Å². The van der Waals surface area contributed by atoms with Crippen LogP contribution in [0.1, 0.15) is 25.3 Å². The molecule has 204 valence electrons. The smallest absolute Gasteiger partial charge is 0.493 e. The molecule has 4 aromatic rings. The molecular formula is C28H28BrFN4O4W. The molecule has 2 heterocycles. The van der Waals surface area contributed by atoms with Gasteiger partial charge in [0.15, 0.2) is 11.1 Å². The van der Waals surface area contributed by atoms with Crippen LogP contribution in [0.25, 0.3) is 16.7 Å². The van der Waals surface area contributed by atoms with Gasteiger partial charge < -0.3 is 23.8 Å². The van der Waals surface area contributed by atoms with Crippen molar-refractivity contribution in [3.63, 3.8) is 0 Å². The molecular weight excluding hydrogens is 739 g/mol. The van der Waals surface area contributed by atoms with E-state index in [-0.39, 0.29) is 49.5 Å². The van der Waals surface area contributed by atoms with Gasteiger partial charge in [0.05, 0.1) is 6.61 Å². The fraction of sp³-hybridized carbons (Fsp3) is 0.321. The fourth-order valence-electron chi connectivity index (χ4n) is 3.97. The quantitative estimate of drug-likeness (QED) is 0.212. The van der Waals surface area contributed by atoms with Crippen LogP contribution in [0.15, 0.2) is 67.4 Å². The summed E-state index contributed by atoms with van der Waals surface area (Å²) >= 11 is 3.10. The van der Waals surface area contributed by atoms with Crippen LogP contribution in [0.4, 0.5) is 4.39 Å². The SMILES string of the molecule is CN(C)CCCOc1cccc(-n2c(=O)n(C3CC3)c(=O)c3[c-]cc(=O)n(C)c32)c1.Fc1[c-]ccc(Br)c1.[W+2]. The maximum atomic E-state index is 13.3. The number of nitrogens with zero attached hydrogens (tertiary/aromatic N) is 4. The molecule has 0 amide bonds. The van der Waals surface area contributed by atoms with Crippen molar-refractivity contribution in [1.82, 2.24) is 18.6 Å². The molecule has 1 fully saturated rings. The van der Waals surface area contributed by atoms with Crippen molar-refractivity contribution in [1.29, 1.82) is 0 Å². The Labute approximate surface area is 248 Å². The molecule has 0 aliphatic heterocycles. The molecule has 0 bridgehead atoms. The van der Waals surface area contributed by atoms with Gasteiger partial charge in [0.2, 0.25) is 0 Å². The summed E-state index contributed by atoms with van der Waals surface area (Å²) < 4.78 is 22.7. The molecule has 1 saturated carbocycles. The van der Waals surface area contributed by atoms with Crippen molar-refractivity contribution >= 4 is 27.0 Å². The summed E-state index contributed by atoms with van der Waals surface area (Å²) in [6.07, 6.45) is 2.46. The first-order valence-electron chi connectivity index (χ1n) is 12.2. The molecule has 1 aliphatic carbocycles. The topological polar surface area (TPSA) is 78.5 Å². The van der Waals surface area contributed by atoms with Gasteiger partial charge in [-0.2, -0.15) is 12.1 Å². The Kier molecular flexibility index (Phi) is 10.6. The van der Waals surface area contributed by atoms with Crippen LogP contribution in [0.2, 0.25) is 0 Å². The standard InChI is InChI=1S/C22H25N4O4.C6H3BrF.W/c1-23(2)12-5-13-30-17-7-4-6-16(14-17)25-20-18(10-11-19(27)24(20)3)21(28)26(22(25)29)15-8-9-15;7-5-2-1-3-6(8)4-5;/h4,6-7,11,14-15H,5,8-9,12-13H2,1-3H3;1-2,4H;/q2*-1;+2. The second-order valence-electron chi connectivity index (χ2n) is 9.27. The largest absolute Gasteiger partial charge is 2.00 e. The van der Waals surface area contributed by atoms with E-state index in [2.05, 4.69) is 33.0 Å². The van der Waals surface area contributed by atoms with Gasteiger partial charge in [0.1, 0.15) is 5.75 Å². The molecule has 8 nitrogen and oxygen atoms in total. The maximum Gasteiger partial charge on any atom is 2.00 e. The van der Waals surface area contributed by atoms with Crippen LogP contribution in [0.5, 0.6) is 5.75 Å². The molecule has 5 rings (SSSR count). The zero-order valence-corrected chi connectivity index (χ0v) is 26.3. The molecule has 0 N–H and O–H groups in total. The van der Waals surface area contributed by atoms with Crippen molar-refractivity contribution in [2.75, 3.05) is 27.2 Å². The third-order valence-electron chi connectivity index (χ3n) is 5.99. The number of aromatic nitrogens is 3. The van der Waals surface area contributed by atoms with Crippen LogP contribution in [0, 0.1) is 17.9 Å². The number of benzene rings is 2. The molecule has 39 heavy (non-hydrogen) atoms. The molecule has 2 aromatic heterocycles. The summed E-state index contributed by atoms with van der Waals surface area (Å²) in [5, 5.41) is 0.223. The minimum Gasteiger partial charge on any atom is -0.493 e. The van der Waals surface area contributed by atoms with Crippen molar-refractivity contribution in [2.45, 2.75) is 25.3 Å². The van der Waals surface area contributed by atoms with Crippen molar-refractivity contribution in [2.24, 2.45) is 7.05 Å². The maximum absolute atomic E-state index is 13.3. The summed E-state index contributed by atoms with van der Waals surface area (Å²) in [5.74, 6) is 0.291. The Morgan fingerprint density at radius 1 is 1.13 bits per heavy atom. The monoisotopic (exact) mass is 766 g/mol. The van der Waals surface area contributed by atoms with E-state index in [1.807, 2.05) is 20.2 Å². The predicted molar refractivity (Wildman–Crippen MR) is 148 cm³/mol. The van der Waals surface area contributed by atoms with E-state index in [0.717, 1.165) is 30.3 Å². The second-order valence-corrected chi connectivity index (χ2v) is 10.2. The van der Waals surface area contributed by atoms with E-state index in [1.165, 1.54) is 31.9 Å². The van der Waals surface area contributed by atoms with E-state index in [1.54, 1.807) is 31.3 Å². The van der Waals surface area contributed by atoms with Gasteiger partial charge in [-0.05, 0) is 57.9 Å². The Morgan fingerprint density at radius 2 is 1.87 bits per heavy atom. The molecule has 0 atom stereocenters. The van der Waals surface area contributed by atoms with Gasteiger partial charge in [0, 0.05) is 35.8 Å². The van der Waals surface area contributed by atoms with Crippen molar-refractivity contribution in [3.05, 3.63) is 102 Å². The van der Waals surface area contributed by atoms with Crippen molar-refractivity contribution in [3.8, 4) is 11.4 Å². The zero-order chi connectivity index (χ0) is 27.4.